The minimum atomic E-state index is -0.295. The fourth-order valence-corrected chi connectivity index (χ4v) is 4.16. The summed E-state index contributed by atoms with van der Waals surface area (Å²) >= 11 is 5.87. The maximum absolute atomic E-state index is 13.1. The smallest absolute Gasteiger partial charge is 0.241 e. The normalized spacial score (nSPS) is 21.7. The average Bonchev–Trinajstić information content (AvgIpc) is 3.30. The molecule has 0 saturated carbocycles. The van der Waals surface area contributed by atoms with Gasteiger partial charge in [0.1, 0.15) is 23.6 Å². The van der Waals surface area contributed by atoms with Crippen molar-refractivity contribution in [2.75, 3.05) is 27.3 Å². The first-order valence-corrected chi connectivity index (χ1v) is 10.7. The summed E-state index contributed by atoms with van der Waals surface area (Å²) in [4.78, 5) is 19.1. The molecule has 31 heavy (non-hydrogen) atoms. The number of hydrogen-bond donors (Lipinski definition) is 2. The molecule has 8 nitrogen and oxygen atoms in total. The molecule has 0 bridgehead atoms. The number of pyridine rings is 1. The molecule has 4 rings (SSSR count). The second kappa shape index (κ2) is 9.72. The minimum absolute atomic E-state index is 0.0428. The summed E-state index contributed by atoms with van der Waals surface area (Å²) in [7, 11) is 3.27. The summed E-state index contributed by atoms with van der Waals surface area (Å²) in [6.45, 7) is 1.31. The summed E-state index contributed by atoms with van der Waals surface area (Å²) in [5, 5.41) is 0.579. The number of hydrazine groups is 1. The lowest BCUT2D eigenvalue weighted by Crippen LogP contribution is -2.49. The average molecular weight is 447 g/mol. The third-order valence-corrected chi connectivity index (χ3v) is 5.98. The zero-order chi connectivity index (χ0) is 21.8. The van der Waals surface area contributed by atoms with E-state index >= 15 is 0 Å². The van der Waals surface area contributed by atoms with Crippen LogP contribution in [0.15, 0.2) is 36.5 Å². The van der Waals surface area contributed by atoms with Crippen LogP contribution in [0.3, 0.4) is 0 Å². The number of carbonyl (C=O) groups excluding carboxylic acids is 1. The number of nitrogens with zero attached hydrogens (tertiary/aromatic N) is 2. The molecule has 2 aliphatic rings. The Kier molecular flexibility index (Phi) is 6.80. The summed E-state index contributed by atoms with van der Waals surface area (Å²) in [5.41, 5.74) is 7.36. The van der Waals surface area contributed by atoms with Crippen molar-refractivity contribution in [3.8, 4) is 17.4 Å². The van der Waals surface area contributed by atoms with E-state index in [2.05, 4.69) is 15.8 Å². The number of benzene rings is 1. The molecule has 9 heteroatoms. The van der Waals surface area contributed by atoms with E-state index in [1.165, 1.54) is 0 Å². The van der Waals surface area contributed by atoms with E-state index in [0.717, 1.165) is 29.9 Å². The molecule has 2 atom stereocenters. The summed E-state index contributed by atoms with van der Waals surface area (Å²) < 4.78 is 16.8. The monoisotopic (exact) mass is 446 g/mol. The number of rotatable bonds is 6. The van der Waals surface area contributed by atoms with Crippen molar-refractivity contribution in [2.24, 2.45) is 0 Å². The maximum atomic E-state index is 13.1. The number of nitrogens with one attached hydrogen (secondary N) is 2. The first-order valence-electron chi connectivity index (χ1n) is 10.4. The maximum Gasteiger partial charge on any atom is 0.241 e. The molecule has 166 valence electrons. The molecule has 2 saturated heterocycles. The van der Waals surface area contributed by atoms with Gasteiger partial charge < -0.3 is 19.1 Å². The second-order valence-corrected chi connectivity index (χ2v) is 8.13. The number of amides is 1. The van der Waals surface area contributed by atoms with Crippen LogP contribution in [0.2, 0.25) is 5.02 Å². The second-order valence-electron chi connectivity index (χ2n) is 7.69. The Morgan fingerprint density at radius 1 is 1.13 bits per heavy atom. The van der Waals surface area contributed by atoms with Crippen molar-refractivity contribution in [1.82, 2.24) is 20.7 Å². The highest BCUT2D eigenvalue weighted by molar-refractivity contribution is 6.30. The predicted octanol–water partition coefficient (Wildman–Crippen LogP) is 2.73. The van der Waals surface area contributed by atoms with Crippen LogP contribution in [0.4, 0.5) is 0 Å². The van der Waals surface area contributed by atoms with Crippen LogP contribution in [0.1, 0.15) is 30.9 Å². The third kappa shape index (κ3) is 5.03. The third-order valence-electron chi connectivity index (χ3n) is 5.75. The van der Waals surface area contributed by atoms with Crippen LogP contribution >= 0.6 is 11.6 Å². The number of halogens is 1. The summed E-state index contributed by atoms with van der Waals surface area (Å²) in [6.07, 6.45) is 3.78. The molecule has 1 aromatic carbocycles. The summed E-state index contributed by atoms with van der Waals surface area (Å²) in [5.74, 6) is 2.18. The van der Waals surface area contributed by atoms with Gasteiger partial charge >= 0.3 is 0 Å². The molecular formula is C22H27ClN4O4. The number of piperidine rings is 1. The molecular weight excluding hydrogens is 420 g/mol. The highest BCUT2D eigenvalue weighted by Crippen LogP contribution is 2.33. The highest BCUT2D eigenvalue weighted by atomic mass is 35.5. The van der Waals surface area contributed by atoms with E-state index in [4.69, 9.17) is 25.8 Å². The number of hydrogen-bond acceptors (Lipinski definition) is 7. The van der Waals surface area contributed by atoms with Crippen LogP contribution in [0, 0.1) is 0 Å². The van der Waals surface area contributed by atoms with Crippen molar-refractivity contribution in [1.29, 1.82) is 0 Å². The van der Waals surface area contributed by atoms with Crippen molar-refractivity contribution in [3.05, 3.63) is 47.1 Å². The molecule has 2 aliphatic heterocycles. The van der Waals surface area contributed by atoms with Crippen LogP contribution in [-0.2, 0) is 4.79 Å². The lowest BCUT2D eigenvalue weighted by molar-refractivity contribution is -0.135. The Morgan fingerprint density at radius 3 is 2.61 bits per heavy atom. The Morgan fingerprint density at radius 2 is 1.94 bits per heavy atom. The van der Waals surface area contributed by atoms with E-state index in [9.17, 15) is 4.79 Å². The Labute approximate surface area is 186 Å². The summed E-state index contributed by atoms with van der Waals surface area (Å²) in [6, 6.07) is 8.87. The number of aromatic nitrogens is 1. The van der Waals surface area contributed by atoms with Crippen molar-refractivity contribution >= 4 is 17.5 Å². The van der Waals surface area contributed by atoms with Gasteiger partial charge in [-0.3, -0.25) is 4.79 Å². The van der Waals surface area contributed by atoms with Gasteiger partial charge in [-0.05, 0) is 30.7 Å². The lowest BCUT2D eigenvalue weighted by Gasteiger charge is -2.33. The Hall–Kier alpha value is -2.55. The fourth-order valence-electron chi connectivity index (χ4n) is 4.05. The van der Waals surface area contributed by atoms with Crippen molar-refractivity contribution < 1.29 is 19.0 Å². The molecule has 2 unspecified atom stereocenters. The van der Waals surface area contributed by atoms with Gasteiger partial charge in [-0.1, -0.05) is 11.6 Å². The van der Waals surface area contributed by atoms with Gasteiger partial charge in [-0.15, -0.1) is 0 Å². The van der Waals surface area contributed by atoms with E-state index in [1.807, 2.05) is 23.1 Å². The van der Waals surface area contributed by atoms with Crippen molar-refractivity contribution in [2.45, 2.75) is 37.5 Å². The molecule has 1 amide bonds. The predicted molar refractivity (Wildman–Crippen MR) is 116 cm³/mol. The van der Waals surface area contributed by atoms with Crippen molar-refractivity contribution in [3.63, 3.8) is 0 Å². The molecule has 1 aromatic heterocycles. The van der Waals surface area contributed by atoms with E-state index in [1.54, 1.807) is 32.5 Å². The lowest BCUT2D eigenvalue weighted by atomic mass is 9.99. The number of ether oxygens (including phenoxy) is 3. The first kappa shape index (κ1) is 21.7. The number of likely N-dealkylation sites (tertiary alicyclic amines) is 1. The molecule has 2 aromatic rings. The van der Waals surface area contributed by atoms with Gasteiger partial charge in [0.05, 0.1) is 25.3 Å². The molecule has 2 N–H and O–H groups in total. The molecule has 3 heterocycles. The zero-order valence-electron chi connectivity index (χ0n) is 17.6. The van der Waals surface area contributed by atoms with Gasteiger partial charge in [0, 0.05) is 43.8 Å². The topological polar surface area (TPSA) is 85.0 Å². The van der Waals surface area contributed by atoms with Gasteiger partial charge in [0.2, 0.25) is 11.8 Å². The zero-order valence-corrected chi connectivity index (χ0v) is 18.4. The molecule has 2 fully saturated rings. The standard InChI is InChI=1S/C22H27ClN4O4/c1-29-16-4-5-20(30-2)17(11-16)18-12-19(26-25-18)22(28)27-9-7-15(8-10-27)31-21-6-3-14(23)13-24-21/h3-6,11,13,15,18-19,25-26H,7-10,12H2,1-2H3. The quantitative estimate of drug-likeness (QED) is 0.705. The van der Waals surface area contributed by atoms with Crippen LogP contribution in [-0.4, -0.2) is 55.2 Å². The fraction of sp³-hybridized carbons (Fsp3) is 0.455. The van der Waals surface area contributed by atoms with Gasteiger partial charge in [0.25, 0.3) is 0 Å². The van der Waals surface area contributed by atoms with Crippen LogP contribution in [0.5, 0.6) is 17.4 Å². The SMILES string of the molecule is COc1ccc(OC)c(C2CC(C(=O)N3CCC(Oc4ccc(Cl)cn4)CC3)NN2)c1. The number of methoxy groups -OCH3 is 2. The Bertz CT molecular complexity index is 903. The van der Waals surface area contributed by atoms with Gasteiger partial charge in [-0.25, -0.2) is 15.8 Å². The number of carbonyl (C=O) groups is 1. The van der Waals surface area contributed by atoms with Gasteiger partial charge in [0.15, 0.2) is 0 Å². The van der Waals surface area contributed by atoms with E-state index in [0.29, 0.717) is 30.4 Å². The van der Waals surface area contributed by atoms with Crippen LogP contribution < -0.4 is 25.1 Å². The van der Waals surface area contributed by atoms with Gasteiger partial charge in [-0.2, -0.15) is 0 Å². The Balaban J connectivity index is 1.31. The first-order chi connectivity index (χ1) is 15.1. The highest BCUT2D eigenvalue weighted by Gasteiger charge is 2.35. The largest absolute Gasteiger partial charge is 0.497 e. The van der Waals surface area contributed by atoms with Crippen LogP contribution in [0.25, 0.3) is 0 Å². The minimum Gasteiger partial charge on any atom is -0.497 e. The molecule has 0 radical (unpaired) electrons. The van der Waals surface area contributed by atoms with E-state index in [-0.39, 0.29) is 24.1 Å². The molecule has 0 aliphatic carbocycles. The van der Waals surface area contributed by atoms with E-state index < -0.39 is 0 Å². The molecule has 0 spiro atoms.